The fourth-order valence-corrected chi connectivity index (χ4v) is 3.00. The molecule has 3 heteroatoms. The first-order chi connectivity index (χ1) is 3.95. The van der Waals surface area contributed by atoms with Crippen LogP contribution in [-0.2, 0) is 0 Å². The van der Waals surface area contributed by atoms with Crippen molar-refractivity contribution in [1.82, 2.24) is 5.32 Å². The van der Waals surface area contributed by atoms with Gasteiger partial charge >= 0.3 is 0 Å². The van der Waals surface area contributed by atoms with E-state index in [4.69, 9.17) is 0 Å². The minimum absolute atomic E-state index is 0. The van der Waals surface area contributed by atoms with Crippen LogP contribution in [-0.4, -0.2) is 23.6 Å². The second kappa shape index (κ2) is 3.13. The maximum absolute atomic E-state index is 3.43. The van der Waals surface area contributed by atoms with E-state index in [1.165, 1.54) is 25.9 Å². The molecule has 9 heavy (non-hydrogen) atoms. The van der Waals surface area contributed by atoms with Crippen LogP contribution in [0.3, 0.4) is 0 Å². The van der Waals surface area contributed by atoms with Gasteiger partial charge in [0.25, 0.3) is 0 Å². The normalized spacial score (nSPS) is 40.0. The van der Waals surface area contributed by atoms with Crippen LogP contribution in [0.1, 0.15) is 12.8 Å². The maximum atomic E-state index is 3.43. The molecule has 2 rings (SSSR count). The van der Waals surface area contributed by atoms with Gasteiger partial charge in [0.1, 0.15) is 0 Å². The molecule has 2 fully saturated rings. The average molecular weight is 166 g/mol. The first-order valence-corrected chi connectivity index (χ1v) is 4.25. The van der Waals surface area contributed by atoms with Gasteiger partial charge in [0, 0.05) is 23.6 Å². The zero-order valence-corrected chi connectivity index (χ0v) is 6.93. The van der Waals surface area contributed by atoms with Crippen molar-refractivity contribution < 1.29 is 0 Å². The van der Waals surface area contributed by atoms with E-state index in [0.29, 0.717) is 0 Å². The van der Waals surface area contributed by atoms with Gasteiger partial charge in [-0.15, -0.1) is 12.4 Å². The lowest BCUT2D eigenvalue weighted by molar-refractivity contribution is 0.690. The molecular weight excluding hydrogens is 154 g/mol. The summed E-state index contributed by atoms with van der Waals surface area (Å²) in [5.74, 6) is 0. The fraction of sp³-hybridized carbons (Fsp3) is 1.00. The zero-order chi connectivity index (χ0) is 5.40. The van der Waals surface area contributed by atoms with Gasteiger partial charge in [-0.25, -0.2) is 0 Å². The molecule has 1 N–H and O–H groups in total. The first kappa shape index (κ1) is 7.70. The molecular formula is C6H12ClNS. The molecule has 54 valence electrons. The van der Waals surface area contributed by atoms with Gasteiger partial charge in [-0.3, -0.25) is 0 Å². The predicted molar refractivity (Wildman–Crippen MR) is 44.5 cm³/mol. The van der Waals surface area contributed by atoms with Crippen LogP contribution >= 0.6 is 24.2 Å². The standard InChI is InChI=1S/C6H11NS.ClH/c1-2-6-4-7-3-5(1)8-6;/h5-7H,1-4H2;1H. The summed E-state index contributed by atoms with van der Waals surface area (Å²) in [5, 5.41) is 5.36. The largest absolute Gasteiger partial charge is 0.315 e. The lowest BCUT2D eigenvalue weighted by Gasteiger charge is -2.18. The van der Waals surface area contributed by atoms with Crippen molar-refractivity contribution in [3.63, 3.8) is 0 Å². The molecule has 0 aromatic rings. The van der Waals surface area contributed by atoms with E-state index in [9.17, 15) is 0 Å². The SMILES string of the molecule is C1CC2CNCC1S2.Cl. The lowest BCUT2D eigenvalue weighted by Crippen LogP contribution is -2.32. The molecule has 0 aliphatic carbocycles. The van der Waals surface area contributed by atoms with Crippen LogP contribution in [0.25, 0.3) is 0 Å². The molecule has 2 aliphatic rings. The fourth-order valence-electron chi connectivity index (χ4n) is 1.49. The van der Waals surface area contributed by atoms with E-state index in [-0.39, 0.29) is 12.4 Å². The Hall–Kier alpha value is 0.600. The number of fused-ring (bicyclic) bond motifs is 2. The maximum Gasteiger partial charge on any atom is 0.0176 e. The highest BCUT2D eigenvalue weighted by Crippen LogP contribution is 2.35. The van der Waals surface area contributed by atoms with Crippen LogP contribution in [0, 0.1) is 0 Å². The summed E-state index contributed by atoms with van der Waals surface area (Å²) in [7, 11) is 0. The molecule has 2 bridgehead atoms. The summed E-state index contributed by atoms with van der Waals surface area (Å²) in [4.78, 5) is 0. The molecule has 0 aromatic heterocycles. The Labute approximate surface area is 66.4 Å². The summed E-state index contributed by atoms with van der Waals surface area (Å²) >= 11 is 2.19. The molecule has 2 saturated heterocycles. The molecule has 2 heterocycles. The Morgan fingerprint density at radius 2 is 1.67 bits per heavy atom. The Kier molecular flexibility index (Phi) is 2.68. The van der Waals surface area contributed by atoms with Gasteiger partial charge in [-0.1, -0.05) is 0 Å². The molecule has 0 saturated carbocycles. The second-order valence-electron chi connectivity index (χ2n) is 2.62. The topological polar surface area (TPSA) is 12.0 Å². The van der Waals surface area contributed by atoms with E-state index in [2.05, 4.69) is 17.1 Å². The molecule has 2 aliphatic heterocycles. The van der Waals surface area contributed by atoms with Crippen molar-refractivity contribution in [2.75, 3.05) is 13.1 Å². The Morgan fingerprint density at radius 3 is 2.11 bits per heavy atom. The molecule has 0 radical (unpaired) electrons. The van der Waals surface area contributed by atoms with Crippen molar-refractivity contribution in [2.45, 2.75) is 23.3 Å². The number of hydrogen-bond acceptors (Lipinski definition) is 2. The van der Waals surface area contributed by atoms with Crippen molar-refractivity contribution in [3.8, 4) is 0 Å². The second-order valence-corrected chi connectivity index (χ2v) is 4.22. The monoisotopic (exact) mass is 165 g/mol. The molecule has 2 atom stereocenters. The minimum atomic E-state index is 0. The predicted octanol–water partition coefficient (Wildman–Crippen LogP) is 1.28. The summed E-state index contributed by atoms with van der Waals surface area (Å²) in [5.41, 5.74) is 0. The molecule has 0 spiro atoms. The number of nitrogens with one attached hydrogen (secondary N) is 1. The Bertz CT molecular complexity index is 85.1. The third kappa shape index (κ3) is 1.54. The van der Waals surface area contributed by atoms with Gasteiger partial charge < -0.3 is 5.32 Å². The lowest BCUT2D eigenvalue weighted by atomic mass is 10.2. The first-order valence-electron chi connectivity index (χ1n) is 3.31. The van der Waals surface area contributed by atoms with Crippen molar-refractivity contribution >= 4 is 24.2 Å². The quantitative estimate of drug-likeness (QED) is 0.581. The van der Waals surface area contributed by atoms with Crippen LogP contribution in [0.4, 0.5) is 0 Å². The van der Waals surface area contributed by atoms with Crippen molar-refractivity contribution in [1.29, 1.82) is 0 Å². The Balaban J connectivity index is 0.000000405. The van der Waals surface area contributed by atoms with Crippen LogP contribution in [0.2, 0.25) is 0 Å². The number of halogens is 1. The summed E-state index contributed by atoms with van der Waals surface area (Å²) in [6.07, 6.45) is 2.92. The minimum Gasteiger partial charge on any atom is -0.315 e. The molecule has 0 amide bonds. The number of rotatable bonds is 0. The van der Waals surface area contributed by atoms with Gasteiger partial charge in [0.15, 0.2) is 0 Å². The zero-order valence-electron chi connectivity index (χ0n) is 5.30. The summed E-state index contributed by atoms with van der Waals surface area (Å²) in [6.45, 7) is 2.53. The van der Waals surface area contributed by atoms with E-state index in [1.807, 2.05) is 0 Å². The van der Waals surface area contributed by atoms with Crippen LogP contribution in [0.5, 0.6) is 0 Å². The third-order valence-electron chi connectivity index (χ3n) is 1.94. The van der Waals surface area contributed by atoms with Crippen LogP contribution in [0.15, 0.2) is 0 Å². The van der Waals surface area contributed by atoms with Crippen LogP contribution < -0.4 is 5.32 Å². The highest BCUT2D eigenvalue weighted by molar-refractivity contribution is 8.00. The number of thioether (sulfide) groups is 1. The van der Waals surface area contributed by atoms with E-state index >= 15 is 0 Å². The smallest absolute Gasteiger partial charge is 0.0176 e. The highest BCUT2D eigenvalue weighted by atomic mass is 35.5. The average Bonchev–Trinajstić information content (AvgIpc) is 2.12. The van der Waals surface area contributed by atoms with Gasteiger partial charge in [-0.2, -0.15) is 11.8 Å². The van der Waals surface area contributed by atoms with E-state index < -0.39 is 0 Å². The van der Waals surface area contributed by atoms with Gasteiger partial charge in [0.2, 0.25) is 0 Å². The van der Waals surface area contributed by atoms with E-state index in [1.54, 1.807) is 0 Å². The van der Waals surface area contributed by atoms with Crippen molar-refractivity contribution in [3.05, 3.63) is 0 Å². The number of hydrogen-bond donors (Lipinski definition) is 1. The molecule has 0 aromatic carbocycles. The van der Waals surface area contributed by atoms with Crippen molar-refractivity contribution in [2.24, 2.45) is 0 Å². The third-order valence-corrected chi connectivity index (χ3v) is 3.51. The summed E-state index contributed by atoms with van der Waals surface area (Å²) < 4.78 is 0. The highest BCUT2D eigenvalue weighted by Gasteiger charge is 2.28. The Morgan fingerprint density at radius 1 is 1.11 bits per heavy atom. The van der Waals surface area contributed by atoms with Gasteiger partial charge in [-0.05, 0) is 12.8 Å². The van der Waals surface area contributed by atoms with Gasteiger partial charge in [0.05, 0.1) is 0 Å². The van der Waals surface area contributed by atoms with E-state index in [0.717, 1.165) is 10.5 Å². The molecule has 1 nitrogen and oxygen atoms in total. The summed E-state index contributed by atoms with van der Waals surface area (Å²) in [6, 6.07) is 0. The molecule has 2 unspecified atom stereocenters.